The van der Waals surface area contributed by atoms with Crippen LogP contribution in [-0.2, 0) is 11.0 Å². The number of anilines is 3. The first-order valence-corrected chi connectivity index (χ1v) is 10.9. The Hall–Kier alpha value is -3.59. The molecule has 0 unspecified atom stereocenters. The van der Waals surface area contributed by atoms with E-state index < -0.39 is 11.7 Å². The lowest BCUT2D eigenvalue weighted by atomic mass is 10.1. The molecule has 5 nitrogen and oxygen atoms in total. The Morgan fingerprint density at radius 3 is 2.55 bits per heavy atom. The van der Waals surface area contributed by atoms with Gasteiger partial charge in [0.05, 0.1) is 16.8 Å². The fourth-order valence-corrected chi connectivity index (χ4v) is 3.92. The van der Waals surface area contributed by atoms with Crippen molar-refractivity contribution in [1.29, 1.82) is 0 Å². The number of hydrogen-bond acceptors (Lipinski definition) is 5. The molecular formula is C24H19F3N4OS. The number of hydrogen-bond donors (Lipinski definition) is 2. The van der Waals surface area contributed by atoms with Crippen LogP contribution in [0.15, 0.2) is 78.0 Å². The SMILES string of the molecule is Cc1cc(Nc2cccc(C(F)(F)F)c2)nc2ccc(NC(=O)CSc3ccncc3)cc12. The normalized spacial score (nSPS) is 11.4. The lowest BCUT2D eigenvalue weighted by molar-refractivity contribution is -0.137. The molecule has 0 aliphatic heterocycles. The van der Waals surface area contributed by atoms with Crippen molar-refractivity contribution in [1.82, 2.24) is 9.97 Å². The number of thioether (sulfide) groups is 1. The van der Waals surface area contributed by atoms with Gasteiger partial charge in [-0.2, -0.15) is 13.2 Å². The molecule has 0 bridgehead atoms. The highest BCUT2D eigenvalue weighted by Gasteiger charge is 2.30. The largest absolute Gasteiger partial charge is 0.416 e. The first kappa shape index (κ1) is 22.6. The summed E-state index contributed by atoms with van der Waals surface area (Å²) in [6, 6.07) is 15.8. The van der Waals surface area contributed by atoms with E-state index in [9.17, 15) is 18.0 Å². The second-order valence-electron chi connectivity index (χ2n) is 7.28. The number of benzene rings is 2. The van der Waals surface area contributed by atoms with Crippen LogP contribution in [0.5, 0.6) is 0 Å². The Labute approximate surface area is 192 Å². The molecule has 2 heterocycles. The van der Waals surface area contributed by atoms with Crippen molar-refractivity contribution >= 4 is 45.8 Å². The first-order chi connectivity index (χ1) is 15.8. The first-order valence-electron chi connectivity index (χ1n) is 9.96. The minimum Gasteiger partial charge on any atom is -0.340 e. The summed E-state index contributed by atoms with van der Waals surface area (Å²) < 4.78 is 38.9. The lowest BCUT2D eigenvalue weighted by Crippen LogP contribution is -2.14. The highest BCUT2D eigenvalue weighted by Crippen LogP contribution is 2.32. The zero-order valence-electron chi connectivity index (χ0n) is 17.5. The van der Waals surface area contributed by atoms with Crippen LogP contribution in [0.4, 0.5) is 30.4 Å². The molecule has 0 saturated carbocycles. The summed E-state index contributed by atoms with van der Waals surface area (Å²) in [6.45, 7) is 1.88. The van der Waals surface area contributed by atoms with Crippen molar-refractivity contribution in [2.75, 3.05) is 16.4 Å². The Bertz CT molecular complexity index is 1300. The molecule has 2 aromatic heterocycles. The molecule has 0 saturated heterocycles. The summed E-state index contributed by atoms with van der Waals surface area (Å²) in [6.07, 6.45) is -1.06. The second kappa shape index (κ2) is 9.50. The highest BCUT2D eigenvalue weighted by molar-refractivity contribution is 8.00. The van der Waals surface area contributed by atoms with E-state index in [1.54, 1.807) is 36.7 Å². The quantitative estimate of drug-likeness (QED) is 0.319. The topological polar surface area (TPSA) is 66.9 Å². The molecule has 4 aromatic rings. The molecule has 1 amide bonds. The van der Waals surface area contributed by atoms with Crippen molar-refractivity contribution in [2.24, 2.45) is 0 Å². The second-order valence-corrected chi connectivity index (χ2v) is 8.33. The van der Waals surface area contributed by atoms with Gasteiger partial charge in [0, 0.05) is 34.1 Å². The molecule has 168 valence electrons. The molecule has 33 heavy (non-hydrogen) atoms. The van der Waals surface area contributed by atoms with Crippen molar-refractivity contribution in [3.8, 4) is 0 Å². The van der Waals surface area contributed by atoms with Gasteiger partial charge in [-0.15, -0.1) is 11.8 Å². The zero-order chi connectivity index (χ0) is 23.4. The fourth-order valence-electron chi connectivity index (χ4n) is 3.24. The molecule has 0 atom stereocenters. The molecule has 0 aliphatic carbocycles. The molecule has 9 heteroatoms. The van der Waals surface area contributed by atoms with Crippen LogP contribution in [0.25, 0.3) is 10.9 Å². The maximum absolute atomic E-state index is 13.0. The number of rotatable bonds is 6. The monoisotopic (exact) mass is 468 g/mol. The van der Waals surface area contributed by atoms with Gasteiger partial charge < -0.3 is 10.6 Å². The standard InChI is InChI=1S/C24H19F3N4OS/c1-15-11-22(29-17-4-2-3-16(12-17)24(25,26)27)31-21-6-5-18(13-20(15)21)30-23(32)14-33-19-7-9-28-10-8-19/h2-13H,14H2,1H3,(H,29,31)(H,30,32). The molecule has 0 spiro atoms. The number of aryl methyl sites for hydroxylation is 1. The predicted octanol–water partition coefficient (Wildman–Crippen LogP) is 6.43. The number of halogens is 3. The van der Waals surface area contributed by atoms with Gasteiger partial charge in [0.1, 0.15) is 5.82 Å². The molecule has 4 rings (SSSR count). The number of aromatic nitrogens is 2. The number of alkyl halides is 3. The summed E-state index contributed by atoms with van der Waals surface area (Å²) >= 11 is 1.42. The Balaban J connectivity index is 1.48. The zero-order valence-corrected chi connectivity index (χ0v) is 18.3. The number of fused-ring (bicyclic) bond motifs is 1. The van der Waals surface area contributed by atoms with E-state index in [1.165, 1.54) is 17.8 Å². The van der Waals surface area contributed by atoms with Gasteiger partial charge in [0.25, 0.3) is 0 Å². The average Bonchev–Trinajstić information content (AvgIpc) is 2.78. The summed E-state index contributed by atoms with van der Waals surface area (Å²) in [5.41, 5.74) is 1.75. The van der Waals surface area contributed by atoms with Crippen LogP contribution in [0.3, 0.4) is 0 Å². The third-order valence-electron chi connectivity index (χ3n) is 4.78. The van der Waals surface area contributed by atoms with Gasteiger partial charge in [-0.1, -0.05) is 6.07 Å². The Morgan fingerprint density at radius 2 is 1.79 bits per heavy atom. The van der Waals surface area contributed by atoms with E-state index in [4.69, 9.17) is 0 Å². The van der Waals surface area contributed by atoms with E-state index >= 15 is 0 Å². The highest BCUT2D eigenvalue weighted by atomic mass is 32.2. The third kappa shape index (κ3) is 5.81. The molecule has 0 aliphatic rings. The number of carbonyl (C=O) groups is 1. The van der Waals surface area contributed by atoms with Crippen LogP contribution < -0.4 is 10.6 Å². The van der Waals surface area contributed by atoms with Gasteiger partial charge in [0.15, 0.2) is 0 Å². The molecule has 2 N–H and O–H groups in total. The van der Waals surface area contributed by atoms with Crippen LogP contribution in [0.1, 0.15) is 11.1 Å². The fraction of sp³-hybridized carbons (Fsp3) is 0.125. The van der Waals surface area contributed by atoms with Crippen LogP contribution in [0, 0.1) is 6.92 Å². The van der Waals surface area contributed by atoms with Gasteiger partial charge >= 0.3 is 6.18 Å². The minimum atomic E-state index is -4.41. The van der Waals surface area contributed by atoms with Crippen LogP contribution in [-0.4, -0.2) is 21.6 Å². The van der Waals surface area contributed by atoms with E-state index in [1.807, 2.05) is 25.1 Å². The smallest absolute Gasteiger partial charge is 0.340 e. The van der Waals surface area contributed by atoms with Gasteiger partial charge in [-0.25, -0.2) is 4.98 Å². The maximum Gasteiger partial charge on any atom is 0.416 e. The van der Waals surface area contributed by atoms with Crippen LogP contribution in [0.2, 0.25) is 0 Å². The summed E-state index contributed by atoms with van der Waals surface area (Å²) in [4.78, 5) is 21.7. The number of amides is 1. The molecule has 0 radical (unpaired) electrons. The predicted molar refractivity (Wildman–Crippen MR) is 125 cm³/mol. The van der Waals surface area contributed by atoms with Crippen molar-refractivity contribution in [3.05, 3.63) is 84.2 Å². The van der Waals surface area contributed by atoms with E-state index in [2.05, 4.69) is 20.6 Å². The number of carbonyl (C=O) groups excluding carboxylic acids is 1. The van der Waals surface area contributed by atoms with E-state index in [0.29, 0.717) is 22.7 Å². The van der Waals surface area contributed by atoms with E-state index in [0.717, 1.165) is 28.0 Å². The summed E-state index contributed by atoms with van der Waals surface area (Å²) in [5, 5.41) is 6.66. The molecule has 0 fully saturated rings. The minimum absolute atomic E-state index is 0.135. The lowest BCUT2D eigenvalue weighted by Gasteiger charge is -2.12. The van der Waals surface area contributed by atoms with Crippen LogP contribution >= 0.6 is 11.8 Å². The van der Waals surface area contributed by atoms with Gasteiger partial charge in [-0.05, 0) is 67.1 Å². The van der Waals surface area contributed by atoms with Crippen molar-refractivity contribution < 1.29 is 18.0 Å². The van der Waals surface area contributed by atoms with Crippen molar-refractivity contribution in [2.45, 2.75) is 18.0 Å². The van der Waals surface area contributed by atoms with Crippen molar-refractivity contribution in [3.63, 3.8) is 0 Å². The third-order valence-corrected chi connectivity index (χ3v) is 5.79. The number of nitrogens with zero attached hydrogens (tertiary/aromatic N) is 2. The molecular weight excluding hydrogens is 449 g/mol. The number of nitrogens with one attached hydrogen (secondary N) is 2. The molecule has 2 aromatic carbocycles. The summed E-state index contributed by atoms with van der Waals surface area (Å²) in [7, 11) is 0. The number of pyridine rings is 2. The average molecular weight is 469 g/mol. The van der Waals surface area contributed by atoms with E-state index in [-0.39, 0.29) is 11.7 Å². The Morgan fingerprint density at radius 1 is 1.00 bits per heavy atom. The van der Waals surface area contributed by atoms with Gasteiger partial charge in [-0.3, -0.25) is 9.78 Å². The maximum atomic E-state index is 13.0. The Kier molecular flexibility index (Phi) is 6.50. The summed E-state index contributed by atoms with van der Waals surface area (Å²) in [5.74, 6) is 0.563. The van der Waals surface area contributed by atoms with Gasteiger partial charge in [0.2, 0.25) is 5.91 Å².